The summed E-state index contributed by atoms with van der Waals surface area (Å²) in [5.41, 5.74) is 0.738. The van der Waals surface area contributed by atoms with E-state index in [-0.39, 0.29) is 6.03 Å². The molecule has 0 heterocycles. The first-order valence-corrected chi connectivity index (χ1v) is 4.30. The highest BCUT2D eigenvalue weighted by Crippen LogP contribution is 2.03. The Morgan fingerprint density at radius 2 is 2.07 bits per heavy atom. The Morgan fingerprint density at radius 1 is 1.36 bits per heavy atom. The van der Waals surface area contributed by atoms with E-state index in [1.54, 1.807) is 12.1 Å². The lowest BCUT2D eigenvalue weighted by Crippen LogP contribution is -2.29. The second-order valence-electron chi connectivity index (χ2n) is 2.66. The number of rotatable bonds is 3. The molecule has 0 unspecified atom stereocenters. The van der Waals surface area contributed by atoms with Crippen LogP contribution in [0.25, 0.3) is 0 Å². The highest BCUT2D eigenvalue weighted by Gasteiger charge is 1.98. The Balaban J connectivity index is 2.32. The number of nitrogens with one attached hydrogen (secondary N) is 2. The normalized spacial score (nSPS) is 8.79. The van der Waals surface area contributed by atoms with Gasteiger partial charge in [-0.05, 0) is 12.1 Å². The molecule has 72 valence electrons. The van der Waals surface area contributed by atoms with Gasteiger partial charge in [-0.25, -0.2) is 4.79 Å². The van der Waals surface area contributed by atoms with Gasteiger partial charge in [0, 0.05) is 12.2 Å². The summed E-state index contributed by atoms with van der Waals surface area (Å²) in [6.07, 6.45) is 0.322. The van der Waals surface area contributed by atoms with E-state index in [4.69, 9.17) is 5.26 Å². The summed E-state index contributed by atoms with van der Waals surface area (Å²) in [7, 11) is 0. The van der Waals surface area contributed by atoms with Gasteiger partial charge in [-0.15, -0.1) is 0 Å². The summed E-state index contributed by atoms with van der Waals surface area (Å²) in [6, 6.07) is 10.8. The molecule has 4 heteroatoms. The van der Waals surface area contributed by atoms with Gasteiger partial charge in [0.05, 0.1) is 12.5 Å². The number of anilines is 1. The number of nitrogens with zero attached hydrogens (tertiary/aromatic N) is 1. The molecule has 14 heavy (non-hydrogen) atoms. The molecule has 0 aliphatic heterocycles. The summed E-state index contributed by atoms with van der Waals surface area (Å²) in [4.78, 5) is 11.2. The first-order chi connectivity index (χ1) is 6.83. The average Bonchev–Trinajstić information content (AvgIpc) is 2.20. The van der Waals surface area contributed by atoms with Crippen molar-refractivity contribution in [1.29, 1.82) is 5.26 Å². The van der Waals surface area contributed by atoms with Gasteiger partial charge in [0.1, 0.15) is 0 Å². The van der Waals surface area contributed by atoms with E-state index < -0.39 is 0 Å². The number of para-hydroxylation sites is 1. The highest BCUT2D eigenvalue weighted by atomic mass is 16.2. The van der Waals surface area contributed by atoms with E-state index in [1.807, 2.05) is 24.3 Å². The van der Waals surface area contributed by atoms with E-state index in [0.29, 0.717) is 13.0 Å². The van der Waals surface area contributed by atoms with Crippen LogP contribution in [0, 0.1) is 11.3 Å². The van der Waals surface area contributed by atoms with Crippen molar-refractivity contribution in [1.82, 2.24) is 5.32 Å². The number of carbonyl (C=O) groups is 1. The third kappa shape index (κ3) is 3.59. The lowest BCUT2D eigenvalue weighted by molar-refractivity contribution is 0.252. The van der Waals surface area contributed by atoms with Crippen molar-refractivity contribution in [3.8, 4) is 6.07 Å². The smallest absolute Gasteiger partial charge is 0.319 e. The minimum absolute atomic E-state index is 0.286. The molecule has 0 saturated heterocycles. The molecule has 0 aliphatic rings. The third-order valence-electron chi connectivity index (χ3n) is 1.55. The number of carbonyl (C=O) groups excluding carboxylic acids is 1. The van der Waals surface area contributed by atoms with Gasteiger partial charge in [-0.3, -0.25) is 0 Å². The number of nitriles is 1. The fraction of sp³-hybridized carbons (Fsp3) is 0.200. The van der Waals surface area contributed by atoms with Crippen LogP contribution in [-0.2, 0) is 0 Å². The molecule has 1 aromatic rings. The van der Waals surface area contributed by atoms with Crippen LogP contribution in [0.5, 0.6) is 0 Å². The molecule has 1 rings (SSSR count). The first kappa shape index (κ1) is 10.1. The zero-order chi connectivity index (χ0) is 10.2. The Labute approximate surface area is 82.5 Å². The molecule has 4 nitrogen and oxygen atoms in total. The summed E-state index contributed by atoms with van der Waals surface area (Å²) < 4.78 is 0. The van der Waals surface area contributed by atoms with Crippen molar-refractivity contribution < 1.29 is 4.79 Å². The largest absolute Gasteiger partial charge is 0.337 e. The minimum Gasteiger partial charge on any atom is -0.337 e. The van der Waals surface area contributed by atoms with Crippen LogP contribution in [0.15, 0.2) is 30.3 Å². The van der Waals surface area contributed by atoms with Crippen LogP contribution in [0.2, 0.25) is 0 Å². The maximum atomic E-state index is 11.2. The number of urea groups is 1. The summed E-state index contributed by atoms with van der Waals surface area (Å²) >= 11 is 0. The molecular formula is C10H11N3O. The quantitative estimate of drug-likeness (QED) is 0.711. The predicted molar refractivity (Wildman–Crippen MR) is 53.7 cm³/mol. The second kappa shape index (κ2) is 5.60. The standard InChI is InChI=1S/C10H11N3O/c11-7-4-8-12-10(14)13-9-5-2-1-3-6-9/h1-3,5-6H,4,8H2,(H2,12,13,14). The molecule has 0 aromatic heterocycles. The molecule has 0 bridgehead atoms. The Morgan fingerprint density at radius 3 is 2.71 bits per heavy atom. The van der Waals surface area contributed by atoms with Crippen molar-refractivity contribution in [3.63, 3.8) is 0 Å². The number of hydrogen-bond acceptors (Lipinski definition) is 2. The highest BCUT2D eigenvalue weighted by molar-refractivity contribution is 5.89. The van der Waals surface area contributed by atoms with Gasteiger partial charge in [0.15, 0.2) is 0 Å². The van der Waals surface area contributed by atoms with Gasteiger partial charge in [-0.2, -0.15) is 5.26 Å². The van der Waals surface area contributed by atoms with Crippen LogP contribution in [0.1, 0.15) is 6.42 Å². The van der Waals surface area contributed by atoms with Crippen LogP contribution < -0.4 is 10.6 Å². The fourth-order valence-electron chi connectivity index (χ4n) is 0.929. The molecule has 0 saturated carbocycles. The molecule has 0 aliphatic carbocycles. The van der Waals surface area contributed by atoms with E-state index in [1.165, 1.54) is 0 Å². The minimum atomic E-state index is -0.286. The average molecular weight is 189 g/mol. The van der Waals surface area contributed by atoms with Crippen LogP contribution in [0.4, 0.5) is 10.5 Å². The monoisotopic (exact) mass is 189 g/mol. The fourth-order valence-corrected chi connectivity index (χ4v) is 0.929. The van der Waals surface area contributed by atoms with Crippen LogP contribution in [0.3, 0.4) is 0 Å². The van der Waals surface area contributed by atoms with Gasteiger partial charge >= 0.3 is 6.03 Å². The van der Waals surface area contributed by atoms with Crippen molar-refractivity contribution >= 4 is 11.7 Å². The Bertz CT molecular complexity index is 329. The van der Waals surface area contributed by atoms with Crippen molar-refractivity contribution in [3.05, 3.63) is 30.3 Å². The lowest BCUT2D eigenvalue weighted by atomic mass is 10.3. The molecular weight excluding hydrogens is 178 g/mol. The second-order valence-corrected chi connectivity index (χ2v) is 2.66. The molecule has 0 radical (unpaired) electrons. The van der Waals surface area contributed by atoms with Crippen LogP contribution in [-0.4, -0.2) is 12.6 Å². The zero-order valence-electron chi connectivity index (χ0n) is 7.66. The number of benzene rings is 1. The van der Waals surface area contributed by atoms with E-state index in [9.17, 15) is 4.79 Å². The lowest BCUT2D eigenvalue weighted by Gasteiger charge is -2.05. The van der Waals surface area contributed by atoms with Gasteiger partial charge in [-0.1, -0.05) is 18.2 Å². The Kier molecular flexibility index (Phi) is 4.02. The first-order valence-electron chi connectivity index (χ1n) is 4.30. The van der Waals surface area contributed by atoms with Crippen molar-refractivity contribution in [2.24, 2.45) is 0 Å². The third-order valence-corrected chi connectivity index (χ3v) is 1.55. The molecule has 2 amide bonds. The molecule has 2 N–H and O–H groups in total. The summed E-state index contributed by atoms with van der Waals surface area (Å²) in [5, 5.41) is 13.4. The predicted octanol–water partition coefficient (Wildman–Crippen LogP) is 1.72. The van der Waals surface area contributed by atoms with Crippen molar-refractivity contribution in [2.45, 2.75) is 6.42 Å². The van der Waals surface area contributed by atoms with E-state index >= 15 is 0 Å². The SMILES string of the molecule is N#CCCNC(=O)Nc1ccccc1. The van der Waals surface area contributed by atoms with Gasteiger partial charge in [0.25, 0.3) is 0 Å². The molecule has 1 aromatic carbocycles. The topological polar surface area (TPSA) is 64.9 Å². The number of hydrogen-bond donors (Lipinski definition) is 2. The van der Waals surface area contributed by atoms with Crippen molar-refractivity contribution in [2.75, 3.05) is 11.9 Å². The molecule has 0 fully saturated rings. The van der Waals surface area contributed by atoms with Gasteiger partial charge < -0.3 is 10.6 Å². The zero-order valence-corrected chi connectivity index (χ0v) is 7.66. The molecule has 0 spiro atoms. The molecule has 0 atom stereocenters. The maximum absolute atomic E-state index is 11.2. The summed E-state index contributed by atoms with van der Waals surface area (Å²) in [6.45, 7) is 0.370. The Hall–Kier alpha value is -2.02. The van der Waals surface area contributed by atoms with Gasteiger partial charge in [0.2, 0.25) is 0 Å². The number of amides is 2. The van der Waals surface area contributed by atoms with E-state index in [2.05, 4.69) is 10.6 Å². The van der Waals surface area contributed by atoms with E-state index in [0.717, 1.165) is 5.69 Å². The summed E-state index contributed by atoms with van der Waals surface area (Å²) in [5.74, 6) is 0. The van der Waals surface area contributed by atoms with Crippen LogP contribution >= 0.6 is 0 Å². The maximum Gasteiger partial charge on any atom is 0.319 e.